The van der Waals surface area contributed by atoms with Crippen LogP contribution in [0.4, 0.5) is 0 Å². The molecule has 0 spiro atoms. The summed E-state index contributed by atoms with van der Waals surface area (Å²) in [4.78, 5) is 0. The van der Waals surface area contributed by atoms with Crippen molar-refractivity contribution >= 4 is 6.21 Å². The molecule has 0 amide bonds. The second kappa shape index (κ2) is 9.41. The summed E-state index contributed by atoms with van der Waals surface area (Å²) >= 11 is 0. The third kappa shape index (κ3) is 3.57. The second-order valence-electron chi connectivity index (χ2n) is 11.3. The standard InChI is InChI=1S/C36H32N2/c37-21-25-10-4-6-12-27(25)29-16-14-24-15-17-32-34(28-13-7-5-11-26(28)22-38)20-33(23-8-2-1-3-9-23)31-19-18-30(29)35(24)36(31)32/h1-2,4-8,10-11,14-19,21,24,27-28,34-35,37H,3,9,12-13,20H2. The molecule has 5 unspecified atom stereocenters. The van der Waals surface area contributed by atoms with Gasteiger partial charge in [-0.05, 0) is 88.7 Å². The first-order valence-electron chi connectivity index (χ1n) is 14.0. The van der Waals surface area contributed by atoms with E-state index < -0.39 is 0 Å². The van der Waals surface area contributed by atoms with Gasteiger partial charge >= 0.3 is 0 Å². The van der Waals surface area contributed by atoms with Gasteiger partial charge in [-0.15, -0.1) is 0 Å². The van der Waals surface area contributed by atoms with Gasteiger partial charge in [-0.3, -0.25) is 0 Å². The molecule has 2 nitrogen and oxygen atoms in total. The van der Waals surface area contributed by atoms with Gasteiger partial charge in [0.2, 0.25) is 0 Å². The van der Waals surface area contributed by atoms with Crippen LogP contribution in [0.3, 0.4) is 0 Å². The summed E-state index contributed by atoms with van der Waals surface area (Å²) in [7, 11) is 0. The van der Waals surface area contributed by atoms with Crippen LogP contribution in [0.5, 0.6) is 0 Å². The molecular formula is C36H32N2. The van der Waals surface area contributed by atoms with Gasteiger partial charge in [0.1, 0.15) is 0 Å². The summed E-state index contributed by atoms with van der Waals surface area (Å²) < 4.78 is 0. The zero-order valence-electron chi connectivity index (χ0n) is 21.6. The number of allylic oxidation sites excluding steroid dienone is 24. The predicted molar refractivity (Wildman–Crippen MR) is 155 cm³/mol. The first-order valence-corrected chi connectivity index (χ1v) is 14.0. The van der Waals surface area contributed by atoms with Crippen LogP contribution in [0, 0.1) is 46.3 Å². The fourth-order valence-corrected chi connectivity index (χ4v) is 7.71. The van der Waals surface area contributed by atoms with Gasteiger partial charge in [-0.25, -0.2) is 0 Å². The molecule has 0 aromatic rings. The molecule has 0 fully saturated rings. The molecule has 7 aliphatic rings. The summed E-state index contributed by atoms with van der Waals surface area (Å²) in [6, 6.07) is 2.55. The van der Waals surface area contributed by atoms with Gasteiger partial charge in [0.05, 0.1) is 6.07 Å². The van der Waals surface area contributed by atoms with Crippen molar-refractivity contribution in [2.24, 2.45) is 29.6 Å². The Labute approximate surface area is 225 Å². The van der Waals surface area contributed by atoms with Crippen molar-refractivity contribution < 1.29 is 0 Å². The van der Waals surface area contributed by atoms with Gasteiger partial charge in [0.15, 0.2) is 0 Å². The lowest BCUT2D eigenvalue weighted by atomic mass is 9.58. The molecule has 0 aromatic heterocycles. The summed E-state index contributed by atoms with van der Waals surface area (Å²) in [5.74, 6) is 1.41. The summed E-state index contributed by atoms with van der Waals surface area (Å²) in [5.41, 5.74) is 12.1. The van der Waals surface area contributed by atoms with Crippen LogP contribution in [0.15, 0.2) is 141 Å². The Morgan fingerprint density at radius 1 is 0.842 bits per heavy atom. The van der Waals surface area contributed by atoms with E-state index >= 15 is 0 Å². The van der Waals surface area contributed by atoms with Crippen LogP contribution >= 0.6 is 0 Å². The maximum atomic E-state index is 10.0. The highest BCUT2D eigenvalue weighted by Crippen LogP contribution is 2.56. The monoisotopic (exact) mass is 492 g/mol. The SMILES string of the molecule is N#CC1=CC=CCC1C1CC(C2=CC=CCC2)=C2C=CC3=C(C4CC=CC=C4C=N)C=CC4C=CC1=C2C34. The molecule has 0 heterocycles. The Morgan fingerprint density at radius 2 is 1.66 bits per heavy atom. The first kappa shape index (κ1) is 23.2. The molecule has 0 saturated carbocycles. The quantitative estimate of drug-likeness (QED) is 0.394. The molecule has 0 aromatic carbocycles. The number of nitriles is 1. The van der Waals surface area contributed by atoms with E-state index in [1.807, 2.05) is 6.08 Å². The van der Waals surface area contributed by atoms with Crippen LogP contribution in [-0.2, 0) is 0 Å². The average Bonchev–Trinajstić information content (AvgIpc) is 3.00. The van der Waals surface area contributed by atoms with Crippen molar-refractivity contribution in [3.8, 4) is 6.07 Å². The summed E-state index contributed by atoms with van der Waals surface area (Å²) in [6.07, 6.45) is 40.5. The maximum absolute atomic E-state index is 10.0. The van der Waals surface area contributed by atoms with Gasteiger partial charge in [0.25, 0.3) is 0 Å². The summed E-state index contributed by atoms with van der Waals surface area (Å²) in [6.45, 7) is 0. The van der Waals surface area contributed by atoms with E-state index in [9.17, 15) is 5.26 Å². The lowest BCUT2D eigenvalue weighted by Gasteiger charge is -2.46. The third-order valence-corrected chi connectivity index (χ3v) is 9.50. The molecule has 1 N–H and O–H groups in total. The van der Waals surface area contributed by atoms with E-state index in [1.54, 1.807) is 0 Å². The highest BCUT2D eigenvalue weighted by molar-refractivity contribution is 5.80. The van der Waals surface area contributed by atoms with Crippen LogP contribution < -0.4 is 0 Å². The molecule has 0 aliphatic heterocycles. The minimum Gasteiger partial charge on any atom is -0.308 e. The lowest BCUT2D eigenvalue weighted by Crippen LogP contribution is -2.34. The minimum atomic E-state index is 0.220. The molecule has 0 radical (unpaired) electrons. The lowest BCUT2D eigenvalue weighted by molar-refractivity contribution is 0.421. The average molecular weight is 493 g/mol. The van der Waals surface area contributed by atoms with Gasteiger partial charge < -0.3 is 5.41 Å². The Balaban J connectivity index is 1.43. The Bertz CT molecular complexity index is 1520. The fourth-order valence-electron chi connectivity index (χ4n) is 7.71. The zero-order valence-corrected chi connectivity index (χ0v) is 21.6. The maximum Gasteiger partial charge on any atom is 0.0950 e. The van der Waals surface area contributed by atoms with Crippen molar-refractivity contribution in [3.63, 3.8) is 0 Å². The largest absolute Gasteiger partial charge is 0.308 e. The smallest absolute Gasteiger partial charge is 0.0950 e. The second-order valence-corrected chi connectivity index (χ2v) is 11.3. The fraction of sp³-hybridized carbons (Fsp3) is 0.278. The first-order chi connectivity index (χ1) is 18.8. The Morgan fingerprint density at radius 3 is 2.47 bits per heavy atom. The van der Waals surface area contributed by atoms with Crippen molar-refractivity contribution in [1.29, 1.82) is 10.7 Å². The number of nitrogens with zero attached hydrogens (tertiary/aromatic N) is 1. The molecule has 7 aliphatic carbocycles. The van der Waals surface area contributed by atoms with E-state index in [4.69, 9.17) is 5.41 Å². The molecule has 5 atom stereocenters. The molecule has 0 saturated heterocycles. The van der Waals surface area contributed by atoms with Gasteiger partial charge in [0, 0.05) is 35.5 Å². The van der Waals surface area contributed by atoms with Crippen molar-refractivity contribution in [3.05, 3.63) is 141 Å². The third-order valence-electron chi connectivity index (χ3n) is 9.50. The van der Waals surface area contributed by atoms with Crippen molar-refractivity contribution in [2.75, 3.05) is 0 Å². The van der Waals surface area contributed by atoms with Crippen molar-refractivity contribution in [2.45, 2.75) is 32.1 Å². The number of hydrogen-bond acceptors (Lipinski definition) is 2. The number of nitrogens with one attached hydrogen (secondary N) is 1. The Hall–Kier alpha value is -3.96. The predicted octanol–water partition coefficient (Wildman–Crippen LogP) is 8.29. The van der Waals surface area contributed by atoms with E-state index in [-0.39, 0.29) is 11.8 Å². The van der Waals surface area contributed by atoms with Gasteiger partial charge in [-0.2, -0.15) is 5.26 Å². The molecule has 186 valence electrons. The number of hydrogen-bond donors (Lipinski definition) is 1. The summed E-state index contributed by atoms with van der Waals surface area (Å²) in [5, 5.41) is 18.1. The van der Waals surface area contributed by atoms with E-state index in [2.05, 4.69) is 91.1 Å². The minimum absolute atomic E-state index is 0.220. The van der Waals surface area contributed by atoms with Crippen LogP contribution in [0.1, 0.15) is 32.1 Å². The van der Waals surface area contributed by atoms with Crippen molar-refractivity contribution in [1.82, 2.24) is 0 Å². The van der Waals surface area contributed by atoms with Gasteiger partial charge in [-0.1, -0.05) is 85.1 Å². The molecule has 7 rings (SSSR count). The van der Waals surface area contributed by atoms with Crippen LogP contribution in [0.25, 0.3) is 0 Å². The zero-order chi connectivity index (χ0) is 25.6. The normalized spacial score (nSPS) is 32.6. The van der Waals surface area contributed by atoms with E-state index in [1.165, 1.54) is 45.2 Å². The molecule has 2 heteroatoms. The topological polar surface area (TPSA) is 47.6 Å². The molecule has 38 heavy (non-hydrogen) atoms. The molecule has 0 bridgehead atoms. The van der Waals surface area contributed by atoms with Crippen LogP contribution in [-0.4, -0.2) is 6.21 Å². The van der Waals surface area contributed by atoms with E-state index in [0.717, 1.165) is 43.3 Å². The number of rotatable bonds is 4. The van der Waals surface area contributed by atoms with Crippen LogP contribution in [0.2, 0.25) is 0 Å². The highest BCUT2D eigenvalue weighted by Gasteiger charge is 2.44. The Kier molecular flexibility index (Phi) is 5.74. The molecular weight excluding hydrogens is 460 g/mol. The van der Waals surface area contributed by atoms with E-state index in [0.29, 0.717) is 17.8 Å². The highest BCUT2D eigenvalue weighted by atomic mass is 14.5.